The van der Waals surface area contributed by atoms with Gasteiger partial charge in [0.05, 0.1) is 6.10 Å². The summed E-state index contributed by atoms with van der Waals surface area (Å²) < 4.78 is 0. The summed E-state index contributed by atoms with van der Waals surface area (Å²) >= 11 is 0. The average Bonchev–Trinajstić information content (AvgIpc) is 2.76. The van der Waals surface area contributed by atoms with Crippen LogP contribution in [0.15, 0.2) is 0 Å². The second-order valence-electron chi connectivity index (χ2n) is 9.04. The van der Waals surface area contributed by atoms with Gasteiger partial charge in [-0.05, 0) is 79.4 Å². The van der Waals surface area contributed by atoms with E-state index in [2.05, 4.69) is 13.8 Å². The van der Waals surface area contributed by atoms with E-state index in [1.54, 1.807) is 0 Å². The van der Waals surface area contributed by atoms with Crippen LogP contribution in [-0.2, 0) is 4.79 Å². The molecule has 6 unspecified atom stereocenters. The minimum atomic E-state index is -0.0677. The number of hydrogen-bond donors (Lipinski definition) is 1. The van der Waals surface area contributed by atoms with Crippen LogP contribution >= 0.6 is 0 Å². The molecular weight excluding hydrogens is 260 g/mol. The molecule has 7 atom stereocenters. The summed E-state index contributed by atoms with van der Waals surface area (Å²) in [5, 5.41) is 10.5. The number of carbonyl (C=O) groups is 1. The summed E-state index contributed by atoms with van der Waals surface area (Å²) in [6.07, 6.45) is 10.0. The highest BCUT2D eigenvalue weighted by molar-refractivity contribution is 5.79. The fraction of sp³-hybridized carbons (Fsp3) is 0.947. The summed E-state index contributed by atoms with van der Waals surface area (Å²) in [6.45, 7) is 4.85. The van der Waals surface area contributed by atoms with Crippen LogP contribution in [-0.4, -0.2) is 17.0 Å². The van der Waals surface area contributed by atoms with Gasteiger partial charge in [-0.2, -0.15) is 0 Å². The standard InChI is InChI=1S/C19H30O2/c1-18-9-7-13(20)11-12(18)3-4-14-15-5-6-17(21)19(15,2)10-8-16(14)18/h12,14-17,21H,3-11H2,1-2H3/t12?,14?,15?,16?,17-,18?,19?/m0/s1. The second kappa shape index (κ2) is 4.57. The van der Waals surface area contributed by atoms with E-state index in [9.17, 15) is 9.90 Å². The number of carbonyl (C=O) groups excluding carboxylic acids is 1. The van der Waals surface area contributed by atoms with Crippen molar-refractivity contribution < 1.29 is 9.90 Å². The van der Waals surface area contributed by atoms with E-state index in [1.807, 2.05) is 0 Å². The Morgan fingerprint density at radius 2 is 1.71 bits per heavy atom. The Labute approximate surface area is 128 Å². The molecule has 0 aliphatic heterocycles. The Balaban J connectivity index is 1.64. The molecule has 4 fully saturated rings. The molecule has 4 rings (SSSR count). The van der Waals surface area contributed by atoms with Crippen molar-refractivity contribution >= 4 is 5.78 Å². The van der Waals surface area contributed by atoms with Gasteiger partial charge in [-0.25, -0.2) is 0 Å². The zero-order valence-corrected chi connectivity index (χ0v) is 13.6. The topological polar surface area (TPSA) is 37.3 Å². The van der Waals surface area contributed by atoms with Crippen LogP contribution in [0.5, 0.6) is 0 Å². The molecule has 2 heteroatoms. The molecule has 0 aromatic carbocycles. The maximum absolute atomic E-state index is 11.9. The van der Waals surface area contributed by atoms with Gasteiger partial charge in [0, 0.05) is 12.8 Å². The van der Waals surface area contributed by atoms with Crippen LogP contribution in [0.2, 0.25) is 0 Å². The number of aliphatic hydroxyl groups excluding tert-OH is 1. The fourth-order valence-corrected chi connectivity index (χ4v) is 7.02. The summed E-state index contributed by atoms with van der Waals surface area (Å²) in [4.78, 5) is 11.9. The first kappa shape index (κ1) is 14.2. The monoisotopic (exact) mass is 290 g/mol. The predicted molar refractivity (Wildman–Crippen MR) is 82.7 cm³/mol. The minimum absolute atomic E-state index is 0.0677. The van der Waals surface area contributed by atoms with E-state index in [-0.39, 0.29) is 11.5 Å². The Bertz CT molecular complexity index is 458. The molecule has 0 spiro atoms. The third-order valence-corrected chi connectivity index (χ3v) is 8.43. The van der Waals surface area contributed by atoms with E-state index in [0.717, 1.165) is 43.4 Å². The molecule has 0 aromatic heterocycles. The van der Waals surface area contributed by atoms with Crippen LogP contribution in [0, 0.1) is 34.5 Å². The smallest absolute Gasteiger partial charge is 0.133 e. The predicted octanol–water partition coefficient (Wildman–Crippen LogP) is 3.96. The van der Waals surface area contributed by atoms with Crippen molar-refractivity contribution in [2.75, 3.05) is 0 Å². The normalized spacial score (nSPS) is 56.5. The van der Waals surface area contributed by atoms with Gasteiger partial charge in [-0.1, -0.05) is 13.8 Å². The summed E-state index contributed by atoms with van der Waals surface area (Å²) in [7, 11) is 0. The van der Waals surface area contributed by atoms with Crippen molar-refractivity contribution in [2.24, 2.45) is 34.5 Å². The number of ketones is 1. The number of Topliss-reactive ketones (excluding diaryl/α,β-unsaturated/α-hetero) is 1. The van der Waals surface area contributed by atoms with Gasteiger partial charge in [0.25, 0.3) is 0 Å². The Hall–Kier alpha value is -0.370. The number of rotatable bonds is 0. The molecule has 118 valence electrons. The number of hydrogen-bond acceptors (Lipinski definition) is 2. The van der Waals surface area contributed by atoms with Crippen LogP contribution < -0.4 is 0 Å². The second-order valence-corrected chi connectivity index (χ2v) is 9.04. The van der Waals surface area contributed by atoms with Crippen molar-refractivity contribution in [3.8, 4) is 0 Å². The zero-order valence-electron chi connectivity index (χ0n) is 13.6. The van der Waals surface area contributed by atoms with Crippen molar-refractivity contribution in [2.45, 2.75) is 77.7 Å². The molecule has 0 bridgehead atoms. The van der Waals surface area contributed by atoms with Gasteiger partial charge in [0.2, 0.25) is 0 Å². The largest absolute Gasteiger partial charge is 0.393 e. The van der Waals surface area contributed by atoms with Gasteiger partial charge < -0.3 is 5.11 Å². The van der Waals surface area contributed by atoms with Crippen LogP contribution in [0.1, 0.15) is 71.6 Å². The highest BCUT2D eigenvalue weighted by atomic mass is 16.3. The third-order valence-electron chi connectivity index (χ3n) is 8.43. The molecule has 1 N–H and O–H groups in total. The van der Waals surface area contributed by atoms with Gasteiger partial charge in [-0.15, -0.1) is 0 Å². The summed E-state index contributed by atoms with van der Waals surface area (Å²) in [6, 6.07) is 0. The van der Waals surface area contributed by atoms with Gasteiger partial charge in [0.1, 0.15) is 5.78 Å². The molecule has 2 nitrogen and oxygen atoms in total. The number of aliphatic hydroxyl groups is 1. The summed E-state index contributed by atoms with van der Waals surface area (Å²) in [5.41, 5.74) is 0.598. The molecular formula is C19H30O2. The average molecular weight is 290 g/mol. The highest BCUT2D eigenvalue weighted by Crippen LogP contribution is 2.65. The fourth-order valence-electron chi connectivity index (χ4n) is 7.02. The van der Waals surface area contributed by atoms with Gasteiger partial charge in [-0.3, -0.25) is 4.79 Å². The van der Waals surface area contributed by atoms with Gasteiger partial charge >= 0.3 is 0 Å². The number of fused-ring (bicyclic) bond motifs is 5. The molecule has 0 heterocycles. The minimum Gasteiger partial charge on any atom is -0.393 e. The molecule has 4 aliphatic rings. The lowest BCUT2D eigenvalue weighted by Gasteiger charge is -2.60. The lowest BCUT2D eigenvalue weighted by atomic mass is 9.45. The highest BCUT2D eigenvalue weighted by Gasteiger charge is 2.59. The van der Waals surface area contributed by atoms with Crippen molar-refractivity contribution in [3.05, 3.63) is 0 Å². The Morgan fingerprint density at radius 1 is 0.952 bits per heavy atom. The first-order chi connectivity index (χ1) is 9.95. The quantitative estimate of drug-likeness (QED) is 0.733. The molecule has 0 amide bonds. The molecule has 4 saturated carbocycles. The zero-order chi connectivity index (χ0) is 14.8. The Morgan fingerprint density at radius 3 is 2.52 bits per heavy atom. The maximum atomic E-state index is 11.9. The van der Waals surface area contributed by atoms with Crippen LogP contribution in [0.4, 0.5) is 0 Å². The van der Waals surface area contributed by atoms with E-state index >= 15 is 0 Å². The van der Waals surface area contributed by atoms with E-state index < -0.39 is 0 Å². The first-order valence-electron chi connectivity index (χ1n) is 9.15. The van der Waals surface area contributed by atoms with Crippen molar-refractivity contribution in [3.63, 3.8) is 0 Å². The molecule has 0 aromatic rings. The first-order valence-corrected chi connectivity index (χ1v) is 9.15. The van der Waals surface area contributed by atoms with Crippen molar-refractivity contribution in [1.29, 1.82) is 0 Å². The van der Waals surface area contributed by atoms with E-state index in [0.29, 0.717) is 17.1 Å². The Kier molecular flexibility index (Phi) is 3.10. The van der Waals surface area contributed by atoms with Crippen molar-refractivity contribution in [1.82, 2.24) is 0 Å². The lowest BCUT2D eigenvalue weighted by Crippen LogP contribution is -2.54. The molecule has 21 heavy (non-hydrogen) atoms. The maximum Gasteiger partial charge on any atom is 0.133 e. The van der Waals surface area contributed by atoms with Crippen LogP contribution in [0.3, 0.4) is 0 Å². The third kappa shape index (κ3) is 1.84. The van der Waals surface area contributed by atoms with Crippen LogP contribution in [0.25, 0.3) is 0 Å². The van der Waals surface area contributed by atoms with Gasteiger partial charge in [0.15, 0.2) is 0 Å². The summed E-state index contributed by atoms with van der Waals surface area (Å²) in [5.74, 6) is 3.52. The lowest BCUT2D eigenvalue weighted by molar-refractivity contribution is -0.141. The molecule has 0 saturated heterocycles. The molecule has 4 aliphatic carbocycles. The van der Waals surface area contributed by atoms with E-state index in [1.165, 1.54) is 32.1 Å². The molecule has 0 radical (unpaired) electrons. The van der Waals surface area contributed by atoms with E-state index in [4.69, 9.17) is 0 Å². The SMILES string of the molecule is CC12CCC(=O)CC1CCC1C2CCC2(C)C1CC[C@@H]2O.